The van der Waals surface area contributed by atoms with Crippen LogP contribution >= 0.6 is 15.9 Å². The monoisotopic (exact) mass is 885 g/mol. The fourth-order valence-electron chi connectivity index (χ4n) is 8.02. The zero-order valence-electron chi connectivity index (χ0n) is 32.5. The van der Waals surface area contributed by atoms with E-state index >= 15 is 0 Å². The second-order valence-electron chi connectivity index (χ2n) is 14.7. The molecule has 0 spiro atoms. The number of nitriles is 1. The van der Waals surface area contributed by atoms with Gasteiger partial charge in [0.05, 0.1) is 30.5 Å². The number of pyridine rings is 5. The molecule has 0 aliphatic carbocycles. The van der Waals surface area contributed by atoms with Crippen LogP contribution < -0.4 is 33.3 Å². The van der Waals surface area contributed by atoms with Crippen LogP contribution in [0.5, 0.6) is 34.9 Å². The van der Waals surface area contributed by atoms with Crippen molar-refractivity contribution in [3.63, 3.8) is 0 Å². The molecule has 0 aromatic carbocycles. The number of aldehydes is 1. The first-order valence-corrected chi connectivity index (χ1v) is 20.3. The molecule has 308 valence electrons. The molecule has 13 heterocycles. The molecule has 3 saturated heterocycles. The molecular weight excluding hydrogens is 850 g/mol. The van der Waals surface area contributed by atoms with Gasteiger partial charge in [-0.05, 0) is 75.8 Å². The van der Waals surface area contributed by atoms with Gasteiger partial charge in [0, 0.05) is 89.9 Å². The van der Waals surface area contributed by atoms with Crippen LogP contribution in [0.25, 0.3) is 22.2 Å². The van der Waals surface area contributed by atoms with Crippen molar-refractivity contribution in [3.8, 4) is 52.1 Å². The minimum absolute atomic E-state index is 0.185. The molecule has 7 aliphatic heterocycles. The van der Waals surface area contributed by atoms with Gasteiger partial charge in [-0.25, -0.2) is 24.5 Å². The topological polar surface area (TPSA) is 181 Å². The van der Waals surface area contributed by atoms with Crippen LogP contribution in [0, 0.1) is 11.3 Å². The Kier molecular flexibility index (Phi) is 10.5. The van der Waals surface area contributed by atoms with Crippen molar-refractivity contribution in [1.82, 2.24) is 34.4 Å². The van der Waals surface area contributed by atoms with E-state index in [0.29, 0.717) is 65.6 Å². The molecule has 2 bridgehead atoms. The zero-order valence-corrected chi connectivity index (χ0v) is 34.1. The highest BCUT2D eigenvalue weighted by molar-refractivity contribution is 9.10. The third-order valence-electron chi connectivity index (χ3n) is 11.0. The van der Waals surface area contributed by atoms with Crippen molar-refractivity contribution in [2.75, 3.05) is 51.6 Å². The summed E-state index contributed by atoms with van der Waals surface area (Å²) in [5, 5.41) is 14.2. The fraction of sp³-hybridized carbons (Fsp3) is 0.279. The summed E-state index contributed by atoms with van der Waals surface area (Å²) in [4.78, 5) is 32.3. The second kappa shape index (κ2) is 16.7. The number of fused-ring (bicyclic) bond motifs is 6. The van der Waals surface area contributed by atoms with Crippen molar-refractivity contribution in [2.45, 2.75) is 31.5 Å². The maximum absolute atomic E-state index is 10.3. The first kappa shape index (κ1) is 38.4. The lowest BCUT2D eigenvalue weighted by Gasteiger charge is -2.56. The molecule has 0 radical (unpaired) electrons. The van der Waals surface area contributed by atoms with Gasteiger partial charge < -0.3 is 38.1 Å². The summed E-state index contributed by atoms with van der Waals surface area (Å²) in [5.74, 6) is 4.57. The van der Waals surface area contributed by atoms with E-state index in [1.165, 1.54) is 18.2 Å². The van der Waals surface area contributed by atoms with Gasteiger partial charge in [0.25, 0.3) is 17.6 Å². The van der Waals surface area contributed by atoms with Gasteiger partial charge in [-0.3, -0.25) is 9.69 Å². The zero-order chi connectivity index (χ0) is 41.3. The number of ether oxygens (including phenoxy) is 7. The van der Waals surface area contributed by atoms with Crippen LogP contribution in [0.3, 0.4) is 0 Å². The van der Waals surface area contributed by atoms with Gasteiger partial charge in [0.1, 0.15) is 11.9 Å². The number of piperazine rings is 1. The van der Waals surface area contributed by atoms with Crippen LogP contribution in [0.15, 0.2) is 84.1 Å². The summed E-state index contributed by atoms with van der Waals surface area (Å²) in [7, 11) is 0. The Bertz CT molecular complexity index is 2690. The number of nitrogens with zero attached hydrogens (tertiary/aromatic N) is 9. The predicted molar refractivity (Wildman–Crippen MR) is 221 cm³/mol. The van der Waals surface area contributed by atoms with Crippen molar-refractivity contribution in [1.29, 1.82) is 5.26 Å². The molecule has 0 N–H and O–H groups in total. The molecule has 2 unspecified atom stereocenters. The van der Waals surface area contributed by atoms with E-state index in [1.807, 2.05) is 35.2 Å². The van der Waals surface area contributed by atoms with E-state index in [0.717, 1.165) is 76.2 Å². The molecule has 18 heteroatoms. The summed E-state index contributed by atoms with van der Waals surface area (Å²) in [6.45, 7) is 4.78. The molecule has 6 aromatic heterocycles. The SMILES string of the molecule is Brc1cnc2c(c1)OCO2.N#Cc1cnn2cc(C3=CCOCC3)cc(-c3ccc(N4CC5CC(C4)N5Cc4cnc5c(c4)OCO5)nc3)c12.O=Cc1cnc2c(c1)OCO2. The quantitative estimate of drug-likeness (QED) is 0.182. The molecule has 2 atom stereocenters. The van der Waals surface area contributed by atoms with Gasteiger partial charge in [-0.2, -0.15) is 10.4 Å². The Hall–Kier alpha value is -6.81. The van der Waals surface area contributed by atoms with E-state index in [4.69, 9.17) is 38.1 Å². The minimum Gasteiger partial charge on any atom is -0.452 e. The molecule has 61 heavy (non-hydrogen) atoms. The first-order chi connectivity index (χ1) is 30.0. The lowest BCUT2D eigenvalue weighted by Crippen LogP contribution is -2.68. The van der Waals surface area contributed by atoms with E-state index in [9.17, 15) is 10.1 Å². The number of hydrogen-bond donors (Lipinski definition) is 0. The van der Waals surface area contributed by atoms with Crippen molar-refractivity contribution >= 4 is 39.1 Å². The van der Waals surface area contributed by atoms with Gasteiger partial charge in [-0.15, -0.1) is 0 Å². The Balaban J connectivity index is 0.000000171. The molecule has 7 aliphatic rings. The maximum atomic E-state index is 10.3. The van der Waals surface area contributed by atoms with Crippen molar-refractivity contribution < 1.29 is 38.0 Å². The fourth-order valence-corrected chi connectivity index (χ4v) is 8.33. The van der Waals surface area contributed by atoms with Crippen LogP contribution in [0.2, 0.25) is 0 Å². The highest BCUT2D eigenvalue weighted by Crippen LogP contribution is 2.38. The Morgan fingerprint density at radius 2 is 1.52 bits per heavy atom. The second-order valence-corrected chi connectivity index (χ2v) is 15.6. The van der Waals surface area contributed by atoms with E-state index in [-0.39, 0.29) is 20.4 Å². The number of rotatable bonds is 6. The van der Waals surface area contributed by atoms with Gasteiger partial charge in [0.15, 0.2) is 23.5 Å². The minimum atomic E-state index is 0.185. The summed E-state index contributed by atoms with van der Waals surface area (Å²) >= 11 is 3.27. The lowest BCUT2D eigenvalue weighted by molar-refractivity contribution is -0.00878. The molecule has 17 nitrogen and oxygen atoms in total. The third kappa shape index (κ3) is 7.86. The molecule has 3 fully saturated rings. The average molecular weight is 887 g/mol. The van der Waals surface area contributed by atoms with Crippen molar-refractivity contribution in [3.05, 3.63) is 106 Å². The van der Waals surface area contributed by atoms with Crippen molar-refractivity contribution in [2.24, 2.45) is 0 Å². The summed E-state index contributed by atoms with van der Waals surface area (Å²) in [5.41, 5.74) is 7.27. The number of halogens is 1. The number of anilines is 1. The summed E-state index contributed by atoms with van der Waals surface area (Å²) < 4.78 is 39.1. The number of aromatic nitrogens is 6. The number of carbonyl (C=O) groups is 1. The highest BCUT2D eigenvalue weighted by atomic mass is 79.9. The van der Waals surface area contributed by atoms with E-state index in [2.05, 4.69) is 76.1 Å². The van der Waals surface area contributed by atoms with Gasteiger partial charge in [-0.1, -0.05) is 6.08 Å². The molecule has 13 rings (SSSR count). The van der Waals surface area contributed by atoms with Crippen LogP contribution in [-0.2, 0) is 11.3 Å². The lowest BCUT2D eigenvalue weighted by atomic mass is 9.87. The highest BCUT2D eigenvalue weighted by Gasteiger charge is 2.44. The van der Waals surface area contributed by atoms with Gasteiger partial charge in [0.2, 0.25) is 20.4 Å². The number of hydrogen-bond acceptors (Lipinski definition) is 16. The largest absolute Gasteiger partial charge is 0.452 e. The Labute approximate surface area is 357 Å². The predicted octanol–water partition coefficient (Wildman–Crippen LogP) is 5.85. The molecule has 0 amide bonds. The van der Waals surface area contributed by atoms with Crippen LogP contribution in [0.4, 0.5) is 5.82 Å². The van der Waals surface area contributed by atoms with Crippen LogP contribution in [-0.4, -0.2) is 99.5 Å². The summed E-state index contributed by atoms with van der Waals surface area (Å²) in [6.07, 6.45) is 15.5. The summed E-state index contributed by atoms with van der Waals surface area (Å²) in [6, 6.07) is 15.1. The Morgan fingerprint density at radius 3 is 2.21 bits per heavy atom. The molecule has 6 aromatic rings. The van der Waals surface area contributed by atoms with E-state index < -0.39 is 0 Å². The third-order valence-corrected chi connectivity index (χ3v) is 11.5. The molecule has 0 saturated carbocycles. The van der Waals surface area contributed by atoms with E-state index in [1.54, 1.807) is 18.5 Å². The first-order valence-electron chi connectivity index (χ1n) is 19.5. The standard InChI is InChI=1S/C30H27N7O3.C7H5NO3.C6H4BrNO2/c31-10-23-13-34-37-15-22(20-3-5-38-6-4-20)8-26(29(23)37)21-1-2-28(32-12-21)35-16-24-9-25(17-35)36(24)14-19-7-27-30(33-11-19)40-18-39-27;9-3-5-1-6-7(8-2-5)11-4-10-6;7-4-1-5-6(8-2-4)10-3-9-5/h1-3,7-8,11-13,15,24-25H,4-6,9,14,16-18H2;1-3H,4H2;1-2H,3H2. The maximum Gasteiger partial charge on any atom is 0.260 e. The smallest absolute Gasteiger partial charge is 0.260 e. The number of piperidine rings is 1. The molecular formula is C43H36BrN9O8. The number of carbonyl (C=O) groups excluding carboxylic acids is 1. The normalized spacial score (nSPS) is 18.8. The van der Waals surface area contributed by atoms with Gasteiger partial charge >= 0.3 is 0 Å². The van der Waals surface area contributed by atoms with Crippen LogP contribution in [0.1, 0.15) is 39.9 Å². The Morgan fingerprint density at radius 1 is 0.803 bits per heavy atom. The average Bonchev–Trinajstić information content (AvgIpc) is 4.15.